The van der Waals surface area contributed by atoms with E-state index in [1.165, 1.54) is 0 Å². The highest BCUT2D eigenvalue weighted by Gasteiger charge is 2.32. The highest BCUT2D eigenvalue weighted by molar-refractivity contribution is 6.89. The first-order valence-electron chi connectivity index (χ1n) is 5.96. The average Bonchev–Trinajstić information content (AvgIpc) is 2.35. The molecule has 0 aliphatic rings. The minimum absolute atomic E-state index is 0.337. The molecule has 0 aromatic heterocycles. The van der Waals surface area contributed by atoms with Crippen LogP contribution in [0.25, 0.3) is 0 Å². The van der Waals surface area contributed by atoms with Gasteiger partial charge in [-0.15, -0.1) is 6.58 Å². The quantitative estimate of drug-likeness (QED) is 0.466. The van der Waals surface area contributed by atoms with E-state index in [1.54, 1.807) is 7.11 Å². The van der Waals surface area contributed by atoms with Gasteiger partial charge in [-0.3, -0.25) is 4.58 Å². The molecule has 1 unspecified atom stereocenters. The molecule has 1 aromatic rings. The largest absolute Gasteiger partial charge is 0.497 e. The molecule has 0 aliphatic carbocycles. The van der Waals surface area contributed by atoms with Crippen LogP contribution >= 0.6 is 0 Å². The van der Waals surface area contributed by atoms with Crippen molar-refractivity contribution in [2.45, 2.75) is 32.9 Å². The molecule has 1 atom stereocenters. The van der Waals surface area contributed by atoms with E-state index in [0.29, 0.717) is 0 Å². The maximum Gasteiger partial charge on any atom is 0.289 e. The lowest BCUT2D eigenvalue weighted by atomic mass is 10.2. The van der Waals surface area contributed by atoms with Gasteiger partial charge in [-0.25, -0.2) is 4.89 Å². The van der Waals surface area contributed by atoms with E-state index < -0.39 is 8.32 Å². The van der Waals surface area contributed by atoms with Crippen molar-refractivity contribution in [3.8, 4) is 5.75 Å². The Kier molecular flexibility index (Phi) is 4.73. The number of hydrogen-bond donors (Lipinski definition) is 0. The first-order chi connectivity index (χ1) is 8.30. The molecular weight excluding hydrogens is 244 g/mol. The number of benzene rings is 1. The second kappa shape index (κ2) is 5.69. The summed E-state index contributed by atoms with van der Waals surface area (Å²) in [5.74, 6) is 0.812. The van der Waals surface area contributed by atoms with E-state index in [4.69, 9.17) is 14.2 Å². The summed E-state index contributed by atoms with van der Waals surface area (Å²) < 4.78 is 10.9. The Balaban J connectivity index is 2.95. The van der Waals surface area contributed by atoms with Crippen LogP contribution in [0.1, 0.15) is 20.8 Å². The summed E-state index contributed by atoms with van der Waals surface area (Å²) in [5.41, 5.74) is 1.52. The Labute approximate surface area is 110 Å². The summed E-state index contributed by atoms with van der Waals surface area (Å²) in [7, 11) is -0.644. The van der Waals surface area contributed by atoms with Gasteiger partial charge in [0.1, 0.15) is 5.75 Å². The predicted molar refractivity (Wildman–Crippen MR) is 76.4 cm³/mol. The third-order valence-corrected chi connectivity index (χ3v) is 5.16. The smallest absolute Gasteiger partial charge is 0.289 e. The Morgan fingerprint density at radius 1 is 1.28 bits per heavy atom. The predicted octanol–water partition coefficient (Wildman–Crippen LogP) is 2.95. The lowest BCUT2D eigenvalue weighted by molar-refractivity contribution is -0.282. The van der Waals surface area contributed by atoms with E-state index in [2.05, 4.69) is 6.58 Å². The fourth-order valence-corrected chi connectivity index (χ4v) is 3.02. The molecule has 0 fully saturated rings. The Bertz CT molecular complexity index is 412. The molecule has 0 spiro atoms. The van der Waals surface area contributed by atoms with Crippen molar-refractivity contribution in [2.75, 3.05) is 7.11 Å². The maximum absolute atomic E-state index is 5.69. The molecule has 100 valence electrons. The third-order valence-electron chi connectivity index (χ3n) is 2.50. The van der Waals surface area contributed by atoms with Gasteiger partial charge in [-0.1, -0.05) is 17.8 Å². The van der Waals surface area contributed by atoms with Gasteiger partial charge in [0.2, 0.25) is 0 Å². The lowest BCUT2D eigenvalue weighted by Crippen LogP contribution is -2.47. The first-order valence-corrected chi connectivity index (χ1v) is 8.44. The first kappa shape index (κ1) is 15.0. The van der Waals surface area contributed by atoms with Crippen LogP contribution < -0.4 is 9.92 Å². The topological polar surface area (TPSA) is 27.7 Å². The average molecular weight is 266 g/mol. The maximum atomic E-state index is 5.69. The molecule has 3 nitrogen and oxygen atoms in total. The SMILES string of the molecule is C=C[Si](C)(OOC(C)(C)C)c1cccc(OC)c1. The van der Waals surface area contributed by atoms with Crippen LogP contribution in [0.3, 0.4) is 0 Å². The zero-order valence-corrected chi connectivity index (χ0v) is 12.8. The van der Waals surface area contributed by atoms with Gasteiger partial charge in [0.15, 0.2) is 0 Å². The minimum atomic E-state index is -2.30. The van der Waals surface area contributed by atoms with Crippen LogP contribution in [-0.4, -0.2) is 21.0 Å². The van der Waals surface area contributed by atoms with Crippen molar-refractivity contribution in [3.63, 3.8) is 0 Å². The highest BCUT2D eigenvalue weighted by Crippen LogP contribution is 2.17. The van der Waals surface area contributed by atoms with Crippen molar-refractivity contribution < 1.29 is 14.2 Å². The molecule has 4 heteroatoms. The number of rotatable bonds is 5. The summed E-state index contributed by atoms with van der Waals surface area (Å²) in [6.45, 7) is 11.8. The van der Waals surface area contributed by atoms with Gasteiger partial charge < -0.3 is 4.74 Å². The van der Waals surface area contributed by atoms with Gasteiger partial charge in [0.25, 0.3) is 8.32 Å². The fraction of sp³-hybridized carbons (Fsp3) is 0.429. The second-order valence-electron chi connectivity index (χ2n) is 5.32. The standard InChI is InChI=1S/C14H22O3Si/c1-7-18(6,17-16-14(2,3)4)13-10-8-9-12(11-13)15-5/h7-11H,1H2,2-6H3. The summed E-state index contributed by atoms with van der Waals surface area (Å²) >= 11 is 0. The summed E-state index contributed by atoms with van der Waals surface area (Å²) in [6, 6.07) is 7.84. The van der Waals surface area contributed by atoms with Gasteiger partial charge in [0, 0.05) is 0 Å². The Morgan fingerprint density at radius 2 is 1.94 bits per heavy atom. The third kappa shape index (κ3) is 3.98. The van der Waals surface area contributed by atoms with E-state index >= 15 is 0 Å². The van der Waals surface area contributed by atoms with Crippen molar-refractivity contribution in [1.29, 1.82) is 0 Å². The molecule has 0 saturated carbocycles. The fourth-order valence-electron chi connectivity index (χ4n) is 1.34. The van der Waals surface area contributed by atoms with Crippen LogP contribution in [-0.2, 0) is 9.46 Å². The summed E-state index contributed by atoms with van der Waals surface area (Å²) in [5, 5.41) is 1.07. The molecular formula is C14H22O3Si. The molecule has 0 heterocycles. The molecule has 0 aliphatic heterocycles. The van der Waals surface area contributed by atoms with Crippen LogP contribution in [0.4, 0.5) is 0 Å². The molecule has 0 saturated heterocycles. The molecule has 0 N–H and O–H groups in total. The van der Waals surface area contributed by atoms with E-state index in [9.17, 15) is 0 Å². The zero-order chi connectivity index (χ0) is 13.8. The summed E-state index contributed by atoms with van der Waals surface area (Å²) in [4.78, 5) is 5.46. The van der Waals surface area contributed by atoms with Crippen molar-refractivity contribution in [3.05, 3.63) is 36.5 Å². The van der Waals surface area contributed by atoms with Crippen LogP contribution in [0, 0.1) is 0 Å². The lowest BCUT2D eigenvalue weighted by Gasteiger charge is -2.28. The van der Waals surface area contributed by atoms with Crippen LogP contribution in [0.2, 0.25) is 6.55 Å². The molecule has 18 heavy (non-hydrogen) atoms. The van der Waals surface area contributed by atoms with Gasteiger partial charge >= 0.3 is 0 Å². The number of hydrogen-bond acceptors (Lipinski definition) is 3. The van der Waals surface area contributed by atoms with E-state index in [1.807, 2.05) is 57.3 Å². The van der Waals surface area contributed by atoms with Crippen molar-refractivity contribution >= 4 is 13.5 Å². The van der Waals surface area contributed by atoms with Gasteiger partial charge in [-0.05, 0) is 44.6 Å². The second-order valence-corrected chi connectivity index (χ2v) is 8.69. The zero-order valence-electron chi connectivity index (χ0n) is 11.8. The van der Waals surface area contributed by atoms with Crippen LogP contribution in [0.15, 0.2) is 36.5 Å². The molecule has 0 bridgehead atoms. The monoisotopic (exact) mass is 266 g/mol. The van der Waals surface area contributed by atoms with Gasteiger partial charge in [-0.2, -0.15) is 0 Å². The minimum Gasteiger partial charge on any atom is -0.497 e. The Morgan fingerprint density at radius 3 is 2.44 bits per heavy atom. The molecule has 0 radical (unpaired) electrons. The number of ether oxygens (including phenoxy) is 1. The molecule has 1 aromatic carbocycles. The number of methoxy groups -OCH3 is 1. The Hall–Kier alpha value is -1.10. The van der Waals surface area contributed by atoms with E-state index in [0.717, 1.165) is 10.9 Å². The van der Waals surface area contributed by atoms with E-state index in [-0.39, 0.29) is 5.60 Å². The van der Waals surface area contributed by atoms with Crippen molar-refractivity contribution in [1.82, 2.24) is 0 Å². The van der Waals surface area contributed by atoms with Crippen molar-refractivity contribution in [2.24, 2.45) is 0 Å². The summed E-state index contributed by atoms with van der Waals surface area (Å²) in [6.07, 6.45) is 0. The highest BCUT2D eigenvalue weighted by atomic mass is 28.4. The van der Waals surface area contributed by atoms with Crippen LogP contribution in [0.5, 0.6) is 5.75 Å². The van der Waals surface area contributed by atoms with Gasteiger partial charge in [0.05, 0.1) is 12.7 Å². The normalized spacial score (nSPS) is 14.9. The molecule has 0 amide bonds. The molecule has 1 rings (SSSR count).